The summed E-state index contributed by atoms with van der Waals surface area (Å²) in [6.07, 6.45) is 1.02. The molecule has 0 aromatic heterocycles. The third-order valence-electron chi connectivity index (χ3n) is 1.93. The van der Waals surface area contributed by atoms with Gasteiger partial charge in [-0.3, -0.25) is 4.79 Å². The Morgan fingerprint density at radius 3 is 2.56 bits per heavy atom. The Hall–Kier alpha value is -0.370. The fourth-order valence-corrected chi connectivity index (χ4v) is 1.25. The van der Waals surface area contributed by atoms with E-state index in [-0.39, 0.29) is 0 Å². The molecule has 2 heteroatoms. The van der Waals surface area contributed by atoms with Gasteiger partial charge in [-0.1, -0.05) is 0 Å². The van der Waals surface area contributed by atoms with E-state index in [2.05, 4.69) is 12.2 Å². The Bertz CT molecular complexity index is 122. The van der Waals surface area contributed by atoms with Gasteiger partial charge in [0.25, 0.3) is 0 Å². The summed E-state index contributed by atoms with van der Waals surface area (Å²) in [5.41, 5.74) is 0. The number of nitrogens with one attached hydrogen (secondary N) is 1. The van der Waals surface area contributed by atoms with Crippen LogP contribution in [0.1, 0.15) is 20.3 Å². The molecule has 1 saturated heterocycles. The quantitative estimate of drug-likeness (QED) is 0.558. The zero-order chi connectivity index (χ0) is 6.85. The maximum atomic E-state index is 10.8. The van der Waals surface area contributed by atoms with Crippen molar-refractivity contribution in [2.24, 2.45) is 5.92 Å². The fraction of sp³-hybridized carbons (Fsp3) is 0.857. The van der Waals surface area contributed by atoms with E-state index in [0.29, 0.717) is 17.7 Å². The summed E-state index contributed by atoms with van der Waals surface area (Å²) in [5, 5.41) is 3.23. The number of carbonyl (C=O) groups is 1. The minimum absolute atomic E-state index is 0.292. The van der Waals surface area contributed by atoms with Crippen LogP contribution in [0.5, 0.6) is 0 Å². The predicted molar refractivity (Wildman–Crippen MR) is 36.3 cm³/mol. The number of carbonyl (C=O) groups excluding carboxylic acids is 1. The Labute approximate surface area is 55.6 Å². The standard InChI is InChI=1S/C7H13NO/c1-5-3-7(4-8-5)6(2)9/h5,7-8H,3-4H2,1-2H3. The van der Waals surface area contributed by atoms with Crippen molar-refractivity contribution in [1.82, 2.24) is 5.32 Å². The zero-order valence-electron chi connectivity index (χ0n) is 5.98. The molecule has 0 aliphatic carbocycles. The van der Waals surface area contributed by atoms with Crippen LogP contribution in [0, 0.1) is 5.92 Å². The van der Waals surface area contributed by atoms with Crippen molar-refractivity contribution in [3.05, 3.63) is 0 Å². The van der Waals surface area contributed by atoms with Crippen LogP contribution in [0.2, 0.25) is 0 Å². The molecular weight excluding hydrogens is 114 g/mol. The Balaban J connectivity index is 2.39. The zero-order valence-corrected chi connectivity index (χ0v) is 5.98. The van der Waals surface area contributed by atoms with Crippen molar-refractivity contribution < 1.29 is 4.79 Å². The molecule has 0 radical (unpaired) electrons. The molecule has 0 bridgehead atoms. The van der Waals surface area contributed by atoms with Crippen molar-refractivity contribution in [2.75, 3.05) is 6.54 Å². The molecule has 1 rings (SSSR count). The van der Waals surface area contributed by atoms with Crippen LogP contribution in [0.4, 0.5) is 0 Å². The van der Waals surface area contributed by atoms with Crippen LogP contribution < -0.4 is 5.32 Å². The topological polar surface area (TPSA) is 29.1 Å². The smallest absolute Gasteiger partial charge is 0.134 e. The first-order valence-corrected chi connectivity index (χ1v) is 3.44. The highest BCUT2D eigenvalue weighted by Crippen LogP contribution is 2.13. The van der Waals surface area contributed by atoms with E-state index in [1.54, 1.807) is 6.92 Å². The van der Waals surface area contributed by atoms with Crippen molar-refractivity contribution in [3.8, 4) is 0 Å². The molecule has 0 amide bonds. The normalized spacial score (nSPS) is 34.9. The first kappa shape index (κ1) is 6.75. The summed E-state index contributed by atoms with van der Waals surface area (Å²) in [4.78, 5) is 10.8. The van der Waals surface area contributed by atoms with Gasteiger partial charge in [0, 0.05) is 18.5 Å². The lowest BCUT2D eigenvalue weighted by molar-refractivity contribution is -0.120. The molecule has 1 fully saturated rings. The van der Waals surface area contributed by atoms with Crippen LogP contribution in [0.15, 0.2) is 0 Å². The number of ketones is 1. The molecule has 2 atom stereocenters. The van der Waals surface area contributed by atoms with Crippen LogP contribution in [-0.2, 0) is 4.79 Å². The van der Waals surface area contributed by atoms with E-state index in [0.717, 1.165) is 13.0 Å². The maximum absolute atomic E-state index is 10.8. The second-order valence-electron chi connectivity index (χ2n) is 2.85. The van der Waals surface area contributed by atoms with Crippen molar-refractivity contribution in [3.63, 3.8) is 0 Å². The lowest BCUT2D eigenvalue weighted by Crippen LogP contribution is -2.17. The second kappa shape index (κ2) is 2.48. The lowest BCUT2D eigenvalue weighted by Gasteiger charge is -1.99. The first-order valence-electron chi connectivity index (χ1n) is 3.44. The summed E-state index contributed by atoms with van der Waals surface area (Å²) in [6, 6.07) is 0.541. The highest BCUT2D eigenvalue weighted by molar-refractivity contribution is 5.78. The Kier molecular flexibility index (Phi) is 1.86. The minimum Gasteiger partial charge on any atom is -0.314 e. The Morgan fingerprint density at radius 2 is 2.33 bits per heavy atom. The molecule has 0 aromatic rings. The molecule has 0 saturated carbocycles. The molecule has 9 heavy (non-hydrogen) atoms. The fourth-order valence-electron chi connectivity index (χ4n) is 1.25. The van der Waals surface area contributed by atoms with Gasteiger partial charge in [0.1, 0.15) is 5.78 Å². The minimum atomic E-state index is 0.292. The molecule has 1 aliphatic heterocycles. The number of Topliss-reactive ketones (excluding diaryl/α,β-unsaturated/α-hetero) is 1. The SMILES string of the molecule is CC(=O)C1CNC(C)C1. The molecule has 2 nitrogen and oxygen atoms in total. The van der Waals surface area contributed by atoms with Gasteiger partial charge < -0.3 is 5.32 Å². The summed E-state index contributed by atoms with van der Waals surface area (Å²) < 4.78 is 0. The van der Waals surface area contributed by atoms with E-state index in [1.807, 2.05) is 0 Å². The molecule has 0 spiro atoms. The summed E-state index contributed by atoms with van der Waals surface area (Å²) in [6.45, 7) is 4.67. The highest BCUT2D eigenvalue weighted by Gasteiger charge is 2.23. The van der Waals surface area contributed by atoms with E-state index < -0.39 is 0 Å². The molecule has 52 valence electrons. The van der Waals surface area contributed by atoms with Gasteiger partial charge in [-0.25, -0.2) is 0 Å². The van der Waals surface area contributed by atoms with Gasteiger partial charge in [0.15, 0.2) is 0 Å². The van der Waals surface area contributed by atoms with E-state index in [9.17, 15) is 4.79 Å². The molecular formula is C7H13NO. The van der Waals surface area contributed by atoms with Crippen LogP contribution in [0.25, 0.3) is 0 Å². The molecule has 2 unspecified atom stereocenters. The number of hydrogen-bond acceptors (Lipinski definition) is 2. The van der Waals surface area contributed by atoms with Gasteiger partial charge in [0.05, 0.1) is 0 Å². The van der Waals surface area contributed by atoms with Crippen LogP contribution in [-0.4, -0.2) is 18.4 Å². The predicted octanol–water partition coefficient (Wildman–Crippen LogP) is 0.573. The van der Waals surface area contributed by atoms with Crippen LogP contribution in [0.3, 0.4) is 0 Å². The lowest BCUT2D eigenvalue weighted by atomic mass is 10.0. The van der Waals surface area contributed by atoms with E-state index in [4.69, 9.17) is 0 Å². The summed E-state index contributed by atoms with van der Waals surface area (Å²) in [5.74, 6) is 0.617. The summed E-state index contributed by atoms with van der Waals surface area (Å²) >= 11 is 0. The number of hydrogen-bond donors (Lipinski definition) is 1. The first-order chi connectivity index (χ1) is 4.20. The van der Waals surface area contributed by atoms with Gasteiger partial charge in [0.2, 0.25) is 0 Å². The molecule has 1 heterocycles. The van der Waals surface area contributed by atoms with Crippen LogP contribution >= 0.6 is 0 Å². The van der Waals surface area contributed by atoms with Gasteiger partial charge in [-0.05, 0) is 20.3 Å². The highest BCUT2D eigenvalue weighted by atomic mass is 16.1. The monoisotopic (exact) mass is 127 g/mol. The van der Waals surface area contributed by atoms with E-state index in [1.165, 1.54) is 0 Å². The van der Waals surface area contributed by atoms with Gasteiger partial charge in [-0.2, -0.15) is 0 Å². The third-order valence-corrected chi connectivity index (χ3v) is 1.93. The second-order valence-corrected chi connectivity index (χ2v) is 2.85. The number of rotatable bonds is 1. The van der Waals surface area contributed by atoms with Gasteiger partial charge in [-0.15, -0.1) is 0 Å². The average molecular weight is 127 g/mol. The van der Waals surface area contributed by atoms with Crippen molar-refractivity contribution >= 4 is 5.78 Å². The van der Waals surface area contributed by atoms with Gasteiger partial charge >= 0.3 is 0 Å². The summed E-state index contributed by atoms with van der Waals surface area (Å²) in [7, 11) is 0. The van der Waals surface area contributed by atoms with Crippen molar-refractivity contribution in [2.45, 2.75) is 26.3 Å². The third kappa shape index (κ3) is 1.52. The maximum Gasteiger partial charge on any atom is 0.134 e. The average Bonchev–Trinajstić information content (AvgIpc) is 2.14. The molecule has 0 aromatic carbocycles. The molecule has 1 N–H and O–H groups in total. The largest absolute Gasteiger partial charge is 0.314 e. The Morgan fingerprint density at radius 1 is 1.67 bits per heavy atom. The molecule has 1 aliphatic rings. The van der Waals surface area contributed by atoms with Crippen molar-refractivity contribution in [1.29, 1.82) is 0 Å². The van der Waals surface area contributed by atoms with E-state index >= 15 is 0 Å².